The number of hydrogen-bond acceptors (Lipinski definition) is 5. The number of benzene rings is 2. The lowest BCUT2D eigenvalue weighted by Gasteiger charge is -2.50. The monoisotopic (exact) mass is 351 g/mol. The van der Waals surface area contributed by atoms with Crippen molar-refractivity contribution in [2.75, 3.05) is 20.8 Å². The van der Waals surface area contributed by atoms with Gasteiger partial charge in [-0.2, -0.15) is 0 Å². The predicted molar refractivity (Wildman–Crippen MR) is 97.2 cm³/mol. The summed E-state index contributed by atoms with van der Waals surface area (Å²) in [4.78, 5) is 25.9. The number of nitrogens with zero attached hydrogens (tertiary/aromatic N) is 1. The summed E-state index contributed by atoms with van der Waals surface area (Å²) in [7, 11) is 2.59. The Morgan fingerprint density at radius 2 is 1.50 bits per heavy atom. The van der Waals surface area contributed by atoms with Crippen LogP contribution in [0.4, 0.5) is 0 Å². The molecule has 1 heterocycles. The third-order valence-electron chi connectivity index (χ3n) is 4.64. The van der Waals surface area contributed by atoms with E-state index in [9.17, 15) is 9.59 Å². The number of carbonyl (C=O) groups is 2. The van der Waals surface area contributed by atoms with E-state index in [1.54, 1.807) is 0 Å². The van der Waals surface area contributed by atoms with Gasteiger partial charge in [0.25, 0.3) is 0 Å². The number of ether oxygens (including phenoxy) is 2. The SMILES string of the molecule is COC(=O)/C=C(/C(=O)OC)N1C[C@H](c2ccccc2)[C@H]1c1ccccc1. The van der Waals surface area contributed by atoms with Crippen LogP contribution in [0, 0.1) is 0 Å². The fourth-order valence-electron chi connectivity index (χ4n) is 3.34. The van der Waals surface area contributed by atoms with Gasteiger partial charge in [-0.05, 0) is 11.1 Å². The highest BCUT2D eigenvalue weighted by Gasteiger charge is 2.43. The van der Waals surface area contributed by atoms with E-state index in [1.165, 1.54) is 25.9 Å². The van der Waals surface area contributed by atoms with Crippen LogP contribution in [0.1, 0.15) is 23.1 Å². The third kappa shape index (κ3) is 3.47. The van der Waals surface area contributed by atoms with Gasteiger partial charge in [0.2, 0.25) is 0 Å². The second-order valence-electron chi connectivity index (χ2n) is 6.07. The van der Waals surface area contributed by atoms with Gasteiger partial charge in [-0.3, -0.25) is 0 Å². The average Bonchev–Trinajstić information content (AvgIpc) is 2.67. The molecule has 2 aromatic rings. The number of carbonyl (C=O) groups excluding carboxylic acids is 2. The lowest BCUT2D eigenvalue weighted by molar-refractivity contribution is -0.141. The van der Waals surface area contributed by atoms with Crippen molar-refractivity contribution in [1.29, 1.82) is 0 Å². The number of hydrogen-bond donors (Lipinski definition) is 0. The van der Waals surface area contributed by atoms with Crippen molar-refractivity contribution in [3.63, 3.8) is 0 Å². The Kier molecular flexibility index (Phi) is 5.37. The molecule has 0 aliphatic carbocycles. The second-order valence-corrected chi connectivity index (χ2v) is 6.07. The van der Waals surface area contributed by atoms with E-state index in [0.717, 1.165) is 5.56 Å². The standard InChI is InChI=1S/C21H21NO4/c1-25-19(23)13-18(21(24)26-2)22-14-17(15-9-5-3-6-10-15)20(22)16-11-7-4-8-12-16/h3-13,17,20H,14H2,1-2H3/b18-13-/t17-,20-/m1/s1. The molecule has 0 radical (unpaired) electrons. The number of likely N-dealkylation sites (tertiary alicyclic amines) is 1. The van der Waals surface area contributed by atoms with Crippen LogP contribution in [0.15, 0.2) is 72.4 Å². The van der Waals surface area contributed by atoms with Crippen LogP contribution in [-0.2, 0) is 19.1 Å². The molecule has 0 aromatic heterocycles. The molecule has 5 heteroatoms. The average molecular weight is 351 g/mol. The second kappa shape index (κ2) is 7.87. The molecule has 1 saturated heterocycles. The molecular formula is C21H21NO4. The van der Waals surface area contributed by atoms with Crippen LogP contribution in [0.2, 0.25) is 0 Å². The fourth-order valence-corrected chi connectivity index (χ4v) is 3.34. The Hall–Kier alpha value is -3.08. The molecule has 134 valence electrons. The zero-order chi connectivity index (χ0) is 18.5. The van der Waals surface area contributed by atoms with E-state index < -0.39 is 11.9 Å². The zero-order valence-corrected chi connectivity index (χ0v) is 14.8. The van der Waals surface area contributed by atoms with Gasteiger partial charge >= 0.3 is 11.9 Å². The molecule has 2 aromatic carbocycles. The molecule has 1 aliphatic heterocycles. The van der Waals surface area contributed by atoms with Crippen LogP contribution in [0.3, 0.4) is 0 Å². The first-order valence-electron chi connectivity index (χ1n) is 8.40. The summed E-state index contributed by atoms with van der Waals surface area (Å²) in [6.07, 6.45) is 1.20. The van der Waals surface area contributed by atoms with E-state index in [1.807, 2.05) is 53.4 Å². The Bertz CT molecular complexity index is 801. The first-order valence-corrected chi connectivity index (χ1v) is 8.40. The highest BCUT2D eigenvalue weighted by Crippen LogP contribution is 2.47. The van der Waals surface area contributed by atoms with E-state index >= 15 is 0 Å². The molecular weight excluding hydrogens is 330 g/mol. The largest absolute Gasteiger partial charge is 0.466 e. The maximum Gasteiger partial charge on any atom is 0.354 e. The normalized spacial score (nSPS) is 19.5. The molecule has 5 nitrogen and oxygen atoms in total. The molecule has 1 aliphatic rings. The van der Waals surface area contributed by atoms with Gasteiger partial charge in [-0.1, -0.05) is 60.7 Å². The minimum Gasteiger partial charge on any atom is -0.466 e. The van der Waals surface area contributed by atoms with Crippen molar-refractivity contribution in [3.8, 4) is 0 Å². The molecule has 0 bridgehead atoms. The molecule has 0 spiro atoms. The molecule has 0 unspecified atom stereocenters. The van der Waals surface area contributed by atoms with Crippen LogP contribution in [0.25, 0.3) is 0 Å². The minimum absolute atomic E-state index is 0.0615. The molecule has 0 N–H and O–H groups in total. The Labute approximate surface area is 152 Å². The van der Waals surface area contributed by atoms with Gasteiger partial charge in [-0.25, -0.2) is 9.59 Å². The van der Waals surface area contributed by atoms with E-state index in [-0.39, 0.29) is 17.7 Å². The maximum absolute atomic E-state index is 12.3. The zero-order valence-electron chi connectivity index (χ0n) is 14.8. The first-order chi connectivity index (χ1) is 12.7. The maximum atomic E-state index is 12.3. The van der Waals surface area contributed by atoms with Gasteiger partial charge in [0, 0.05) is 12.5 Å². The number of methoxy groups -OCH3 is 2. The summed E-state index contributed by atoms with van der Waals surface area (Å²) in [5.41, 5.74) is 2.48. The smallest absolute Gasteiger partial charge is 0.354 e. The van der Waals surface area contributed by atoms with Crippen molar-refractivity contribution in [1.82, 2.24) is 4.90 Å². The number of rotatable bonds is 5. The third-order valence-corrected chi connectivity index (χ3v) is 4.64. The molecule has 26 heavy (non-hydrogen) atoms. The Morgan fingerprint density at radius 1 is 0.923 bits per heavy atom. The lowest BCUT2D eigenvalue weighted by Crippen LogP contribution is -2.49. The summed E-state index contributed by atoms with van der Waals surface area (Å²) in [5.74, 6) is -0.924. The van der Waals surface area contributed by atoms with Gasteiger partial charge in [0.1, 0.15) is 5.70 Å². The molecule has 0 saturated carbocycles. The summed E-state index contributed by atoms with van der Waals surface area (Å²) in [5, 5.41) is 0. The predicted octanol–water partition coefficient (Wildman–Crippen LogP) is 3.06. The quantitative estimate of drug-likeness (QED) is 0.612. The van der Waals surface area contributed by atoms with Crippen molar-refractivity contribution in [2.45, 2.75) is 12.0 Å². The highest BCUT2D eigenvalue weighted by molar-refractivity contribution is 5.96. The fraction of sp³-hybridized carbons (Fsp3) is 0.238. The van der Waals surface area contributed by atoms with Crippen LogP contribution < -0.4 is 0 Å². The summed E-state index contributed by atoms with van der Waals surface area (Å²) in [6, 6.07) is 20.0. The molecule has 3 rings (SSSR count). The summed E-state index contributed by atoms with van der Waals surface area (Å²) >= 11 is 0. The van der Waals surface area contributed by atoms with Crippen molar-refractivity contribution >= 4 is 11.9 Å². The highest BCUT2D eigenvalue weighted by atomic mass is 16.5. The van der Waals surface area contributed by atoms with E-state index in [2.05, 4.69) is 12.1 Å². The van der Waals surface area contributed by atoms with Crippen molar-refractivity contribution in [3.05, 3.63) is 83.6 Å². The van der Waals surface area contributed by atoms with Crippen LogP contribution >= 0.6 is 0 Å². The summed E-state index contributed by atoms with van der Waals surface area (Å²) < 4.78 is 9.58. The molecule has 2 atom stereocenters. The van der Waals surface area contributed by atoms with Gasteiger partial charge < -0.3 is 14.4 Å². The first kappa shape index (κ1) is 17.7. The van der Waals surface area contributed by atoms with Gasteiger partial charge in [0.15, 0.2) is 0 Å². The topological polar surface area (TPSA) is 55.8 Å². The van der Waals surface area contributed by atoms with E-state index in [0.29, 0.717) is 6.54 Å². The number of esters is 2. The van der Waals surface area contributed by atoms with Crippen LogP contribution in [0.5, 0.6) is 0 Å². The Morgan fingerprint density at radius 3 is 2.04 bits per heavy atom. The van der Waals surface area contributed by atoms with Crippen LogP contribution in [-0.4, -0.2) is 37.6 Å². The lowest BCUT2D eigenvalue weighted by atomic mass is 9.78. The van der Waals surface area contributed by atoms with E-state index in [4.69, 9.17) is 9.47 Å². The Balaban J connectivity index is 1.99. The summed E-state index contributed by atoms with van der Waals surface area (Å²) in [6.45, 7) is 0.613. The van der Waals surface area contributed by atoms with Gasteiger partial charge in [0.05, 0.1) is 26.3 Å². The van der Waals surface area contributed by atoms with Crippen molar-refractivity contribution < 1.29 is 19.1 Å². The molecule has 1 fully saturated rings. The minimum atomic E-state index is -0.583. The molecule has 0 amide bonds. The van der Waals surface area contributed by atoms with Gasteiger partial charge in [-0.15, -0.1) is 0 Å². The van der Waals surface area contributed by atoms with Crippen molar-refractivity contribution in [2.24, 2.45) is 0 Å².